The van der Waals surface area contributed by atoms with Gasteiger partial charge in [-0.1, -0.05) is 6.92 Å². The normalized spacial score (nSPS) is 11.7. The first-order chi connectivity index (χ1) is 10.5. The number of nitrogens with zero attached hydrogens (tertiary/aromatic N) is 2. The Bertz CT molecular complexity index is 692. The Labute approximate surface area is 126 Å². The third kappa shape index (κ3) is 3.43. The summed E-state index contributed by atoms with van der Waals surface area (Å²) in [6.45, 7) is 1.89. The highest BCUT2D eigenvalue weighted by atomic mass is 19.1. The molecular weight excluding hydrogens is 289 g/mol. The lowest BCUT2D eigenvalue weighted by Gasteiger charge is -2.17. The van der Waals surface area contributed by atoms with Gasteiger partial charge in [-0.2, -0.15) is 0 Å². The molecule has 114 valence electrons. The van der Waals surface area contributed by atoms with E-state index < -0.39 is 22.3 Å². The molecule has 2 rings (SSSR count). The molecule has 0 aliphatic rings. The number of amides is 1. The summed E-state index contributed by atoms with van der Waals surface area (Å²) in [6.07, 6.45) is 3.83. The number of carbonyl (C=O) groups is 1. The van der Waals surface area contributed by atoms with E-state index in [-0.39, 0.29) is 11.6 Å². The van der Waals surface area contributed by atoms with E-state index in [1.165, 1.54) is 0 Å². The van der Waals surface area contributed by atoms with E-state index in [0.717, 1.165) is 23.8 Å². The van der Waals surface area contributed by atoms with E-state index in [1.54, 1.807) is 24.5 Å². The van der Waals surface area contributed by atoms with Crippen molar-refractivity contribution in [3.8, 4) is 0 Å². The highest BCUT2D eigenvalue weighted by molar-refractivity contribution is 5.95. The monoisotopic (exact) mass is 303 g/mol. The number of benzene rings is 1. The number of carbonyl (C=O) groups excluding carboxylic acids is 1. The van der Waals surface area contributed by atoms with E-state index >= 15 is 0 Å². The molecule has 1 N–H and O–H groups in total. The number of pyridine rings is 1. The molecule has 22 heavy (non-hydrogen) atoms. The summed E-state index contributed by atoms with van der Waals surface area (Å²) in [7, 11) is 0. The van der Waals surface area contributed by atoms with Crippen molar-refractivity contribution in [3.05, 3.63) is 69.8 Å². The van der Waals surface area contributed by atoms with Crippen LogP contribution in [0.2, 0.25) is 0 Å². The number of rotatable bonds is 5. The van der Waals surface area contributed by atoms with Crippen LogP contribution in [0.5, 0.6) is 0 Å². The van der Waals surface area contributed by atoms with Gasteiger partial charge in [-0.15, -0.1) is 0 Å². The van der Waals surface area contributed by atoms with Crippen LogP contribution in [0.4, 0.5) is 10.1 Å². The van der Waals surface area contributed by atoms with E-state index in [0.29, 0.717) is 6.42 Å². The molecule has 1 heterocycles. The number of aromatic nitrogens is 1. The summed E-state index contributed by atoms with van der Waals surface area (Å²) in [5, 5.41) is 13.3. The molecule has 0 spiro atoms. The average molecular weight is 303 g/mol. The second-order valence-electron chi connectivity index (χ2n) is 4.64. The van der Waals surface area contributed by atoms with E-state index in [1.807, 2.05) is 6.92 Å². The van der Waals surface area contributed by atoms with Gasteiger partial charge in [0.1, 0.15) is 5.82 Å². The third-order valence-corrected chi connectivity index (χ3v) is 3.23. The molecule has 0 aliphatic heterocycles. The molecule has 6 nitrogen and oxygen atoms in total. The molecule has 0 radical (unpaired) electrons. The van der Waals surface area contributed by atoms with Crippen LogP contribution in [0.3, 0.4) is 0 Å². The lowest BCUT2D eigenvalue weighted by Crippen LogP contribution is -2.28. The molecule has 0 unspecified atom stereocenters. The maximum absolute atomic E-state index is 13.8. The minimum Gasteiger partial charge on any atom is -0.345 e. The van der Waals surface area contributed by atoms with E-state index in [9.17, 15) is 19.3 Å². The minimum atomic E-state index is -0.920. The number of non-ortho nitro benzene ring substituents is 1. The summed E-state index contributed by atoms with van der Waals surface area (Å²) in [6, 6.07) is 6.20. The third-order valence-electron chi connectivity index (χ3n) is 3.23. The Morgan fingerprint density at radius 3 is 2.59 bits per heavy atom. The zero-order valence-electron chi connectivity index (χ0n) is 11.8. The minimum absolute atomic E-state index is 0.224. The summed E-state index contributed by atoms with van der Waals surface area (Å²) in [5.74, 6) is -1.53. The van der Waals surface area contributed by atoms with Crippen molar-refractivity contribution in [1.29, 1.82) is 0 Å². The van der Waals surface area contributed by atoms with Crippen molar-refractivity contribution in [2.75, 3.05) is 0 Å². The van der Waals surface area contributed by atoms with Crippen LogP contribution < -0.4 is 5.32 Å². The van der Waals surface area contributed by atoms with Crippen LogP contribution in [0.25, 0.3) is 0 Å². The van der Waals surface area contributed by atoms with Gasteiger partial charge in [0.15, 0.2) is 0 Å². The molecule has 1 aromatic carbocycles. The van der Waals surface area contributed by atoms with Gasteiger partial charge in [0.2, 0.25) is 0 Å². The fourth-order valence-corrected chi connectivity index (χ4v) is 2.05. The average Bonchev–Trinajstić information content (AvgIpc) is 2.53. The Morgan fingerprint density at radius 1 is 1.36 bits per heavy atom. The van der Waals surface area contributed by atoms with Crippen molar-refractivity contribution in [3.63, 3.8) is 0 Å². The molecule has 1 amide bonds. The molecule has 0 saturated heterocycles. The summed E-state index contributed by atoms with van der Waals surface area (Å²) in [5.41, 5.74) is 0.238. The van der Waals surface area contributed by atoms with Crippen molar-refractivity contribution in [1.82, 2.24) is 10.3 Å². The number of hydrogen-bond donors (Lipinski definition) is 1. The van der Waals surface area contributed by atoms with Gasteiger partial charge in [-0.25, -0.2) is 4.39 Å². The standard InChI is InChI=1S/C15H14FN3O3/c1-2-14(10-5-7-17-8-6-10)18-15(20)12-4-3-11(19(21)22)9-13(12)16/h3-9,14H,2H2,1H3,(H,18,20)/t14-/m1/s1. The Balaban J connectivity index is 2.19. The van der Waals surface area contributed by atoms with Gasteiger partial charge in [0.25, 0.3) is 11.6 Å². The first-order valence-electron chi connectivity index (χ1n) is 6.67. The van der Waals surface area contributed by atoms with Crippen LogP contribution in [-0.2, 0) is 0 Å². The van der Waals surface area contributed by atoms with Gasteiger partial charge < -0.3 is 5.32 Å². The summed E-state index contributed by atoms with van der Waals surface area (Å²) in [4.78, 5) is 25.9. The number of nitro benzene ring substituents is 1. The van der Waals surface area contributed by atoms with Crippen molar-refractivity contribution in [2.24, 2.45) is 0 Å². The molecule has 0 saturated carbocycles. The Morgan fingerprint density at radius 2 is 2.05 bits per heavy atom. The van der Waals surface area contributed by atoms with Gasteiger partial charge in [0.05, 0.1) is 22.6 Å². The predicted molar refractivity (Wildman–Crippen MR) is 77.8 cm³/mol. The number of nitro groups is 1. The summed E-state index contributed by atoms with van der Waals surface area (Å²) < 4.78 is 13.8. The fraction of sp³-hybridized carbons (Fsp3) is 0.200. The van der Waals surface area contributed by atoms with Crippen molar-refractivity contribution >= 4 is 11.6 Å². The Kier molecular flexibility index (Phi) is 4.77. The number of hydrogen-bond acceptors (Lipinski definition) is 4. The second-order valence-corrected chi connectivity index (χ2v) is 4.64. The molecule has 0 bridgehead atoms. The topological polar surface area (TPSA) is 85.1 Å². The van der Waals surface area contributed by atoms with Crippen molar-refractivity contribution in [2.45, 2.75) is 19.4 Å². The second kappa shape index (κ2) is 6.75. The quantitative estimate of drug-likeness (QED) is 0.679. The maximum atomic E-state index is 13.8. The van der Waals surface area contributed by atoms with Crippen LogP contribution in [-0.4, -0.2) is 15.8 Å². The van der Waals surface area contributed by atoms with Crippen molar-refractivity contribution < 1.29 is 14.1 Å². The van der Waals surface area contributed by atoms with Crippen LogP contribution >= 0.6 is 0 Å². The first kappa shape index (κ1) is 15.6. The first-order valence-corrected chi connectivity index (χ1v) is 6.67. The van der Waals surface area contributed by atoms with Gasteiger partial charge in [-0.05, 0) is 30.2 Å². The fourth-order valence-electron chi connectivity index (χ4n) is 2.05. The molecule has 1 atom stereocenters. The zero-order valence-corrected chi connectivity index (χ0v) is 11.8. The summed E-state index contributed by atoms with van der Waals surface area (Å²) >= 11 is 0. The molecule has 0 aliphatic carbocycles. The van der Waals surface area contributed by atoms with Crippen LogP contribution in [0.1, 0.15) is 35.3 Å². The zero-order chi connectivity index (χ0) is 16.1. The smallest absolute Gasteiger partial charge is 0.272 e. The van der Waals surface area contributed by atoms with Crippen LogP contribution in [0.15, 0.2) is 42.7 Å². The van der Waals surface area contributed by atoms with Crippen LogP contribution in [0, 0.1) is 15.9 Å². The molecular formula is C15H14FN3O3. The van der Waals surface area contributed by atoms with Gasteiger partial charge in [0, 0.05) is 18.5 Å². The molecule has 0 fully saturated rings. The van der Waals surface area contributed by atoms with Gasteiger partial charge >= 0.3 is 0 Å². The van der Waals surface area contributed by atoms with Gasteiger partial charge in [-0.3, -0.25) is 19.9 Å². The van der Waals surface area contributed by atoms with E-state index in [4.69, 9.17) is 0 Å². The van der Waals surface area contributed by atoms with E-state index in [2.05, 4.69) is 10.3 Å². The largest absolute Gasteiger partial charge is 0.345 e. The Hall–Kier alpha value is -2.83. The maximum Gasteiger partial charge on any atom is 0.272 e. The lowest BCUT2D eigenvalue weighted by atomic mass is 10.1. The SMILES string of the molecule is CC[C@@H](NC(=O)c1ccc([N+](=O)[O-])cc1F)c1ccncc1. The number of nitrogens with one attached hydrogen (secondary N) is 1. The highest BCUT2D eigenvalue weighted by Crippen LogP contribution is 2.19. The highest BCUT2D eigenvalue weighted by Gasteiger charge is 2.19. The lowest BCUT2D eigenvalue weighted by molar-refractivity contribution is -0.385. The molecule has 2 aromatic rings. The molecule has 7 heteroatoms. The predicted octanol–water partition coefficient (Wildman–Crippen LogP) is 3.01. The number of halogens is 1. The molecule has 1 aromatic heterocycles.